The molecule has 9 nitrogen and oxygen atoms in total. The third-order valence-electron chi connectivity index (χ3n) is 5.65. The lowest BCUT2D eigenvalue weighted by Crippen LogP contribution is -2.42. The number of aromatic amines is 1. The first kappa shape index (κ1) is 21.1. The fraction of sp³-hybridized carbons (Fsp3) is 0.217. The zero-order chi connectivity index (χ0) is 23.2. The lowest BCUT2D eigenvalue weighted by Gasteiger charge is -2.13. The number of benzene rings is 1. The van der Waals surface area contributed by atoms with Gasteiger partial charge in [0.15, 0.2) is 0 Å². The van der Waals surface area contributed by atoms with Crippen molar-refractivity contribution in [2.75, 3.05) is 14.2 Å². The molecule has 0 saturated heterocycles. The Labute approximate surface area is 182 Å². The highest BCUT2D eigenvalue weighted by atomic mass is 16.5. The van der Waals surface area contributed by atoms with E-state index in [2.05, 4.69) is 10.3 Å². The molecule has 0 saturated carbocycles. The molecule has 0 aliphatic heterocycles. The zero-order valence-corrected chi connectivity index (χ0v) is 18.1. The number of likely N-dealkylation sites (N-methyl/N-ethyl adjacent to an activating group) is 1. The van der Waals surface area contributed by atoms with Gasteiger partial charge in [-0.1, -0.05) is 6.07 Å². The van der Waals surface area contributed by atoms with Crippen LogP contribution in [0.4, 0.5) is 0 Å². The zero-order valence-electron chi connectivity index (χ0n) is 18.1. The van der Waals surface area contributed by atoms with E-state index in [1.165, 1.54) is 26.1 Å². The number of ether oxygens (including phenoxy) is 1. The van der Waals surface area contributed by atoms with E-state index in [1.54, 1.807) is 30.7 Å². The Kier molecular flexibility index (Phi) is 5.17. The van der Waals surface area contributed by atoms with E-state index in [-0.39, 0.29) is 22.2 Å². The normalized spacial score (nSPS) is 12.1. The van der Waals surface area contributed by atoms with E-state index in [0.29, 0.717) is 17.0 Å². The topological polar surface area (TPSA) is 115 Å². The summed E-state index contributed by atoms with van der Waals surface area (Å²) < 4.78 is 8.09. The SMILES string of the molecule is CNC(=O)C(C)n1c(=O)[nH]c2ccc(C(=O)c3c(C)c(OC)c4ccccn34)cc2c1=O. The maximum Gasteiger partial charge on any atom is 0.329 e. The number of pyridine rings is 1. The third kappa shape index (κ3) is 3.09. The first-order valence-electron chi connectivity index (χ1n) is 9.98. The van der Waals surface area contributed by atoms with Gasteiger partial charge in [-0.05, 0) is 44.2 Å². The molecule has 1 aromatic carbocycles. The van der Waals surface area contributed by atoms with Gasteiger partial charge < -0.3 is 19.4 Å². The molecule has 0 spiro atoms. The quantitative estimate of drug-likeness (QED) is 0.465. The van der Waals surface area contributed by atoms with Gasteiger partial charge in [-0.25, -0.2) is 9.36 Å². The number of ketones is 1. The summed E-state index contributed by atoms with van der Waals surface area (Å²) in [6.07, 6.45) is 1.77. The Bertz CT molecular complexity index is 1510. The Morgan fingerprint density at radius 1 is 1.16 bits per heavy atom. The van der Waals surface area contributed by atoms with Crippen LogP contribution < -0.4 is 21.3 Å². The molecule has 4 aromatic rings. The minimum atomic E-state index is -1.01. The predicted octanol–water partition coefficient (Wildman–Crippen LogP) is 1.80. The number of nitrogens with one attached hydrogen (secondary N) is 2. The molecule has 1 unspecified atom stereocenters. The van der Waals surface area contributed by atoms with Crippen molar-refractivity contribution in [3.63, 3.8) is 0 Å². The average molecular weight is 434 g/mol. The number of amides is 1. The van der Waals surface area contributed by atoms with Gasteiger partial charge in [0, 0.05) is 24.4 Å². The van der Waals surface area contributed by atoms with Crippen LogP contribution in [-0.2, 0) is 4.79 Å². The molecular weight excluding hydrogens is 412 g/mol. The molecule has 4 rings (SSSR count). The summed E-state index contributed by atoms with van der Waals surface area (Å²) in [5.74, 6) is -0.183. The van der Waals surface area contributed by atoms with Crippen LogP contribution in [0.25, 0.3) is 16.4 Å². The van der Waals surface area contributed by atoms with Crippen molar-refractivity contribution in [3.05, 3.63) is 80.3 Å². The molecule has 0 bridgehead atoms. The van der Waals surface area contributed by atoms with Crippen molar-refractivity contribution in [2.45, 2.75) is 19.9 Å². The van der Waals surface area contributed by atoms with Crippen LogP contribution in [0.3, 0.4) is 0 Å². The maximum absolute atomic E-state index is 13.5. The number of carbonyl (C=O) groups excluding carboxylic acids is 2. The second-order valence-electron chi connectivity index (χ2n) is 7.45. The lowest BCUT2D eigenvalue weighted by atomic mass is 10.0. The van der Waals surface area contributed by atoms with E-state index < -0.39 is 23.2 Å². The minimum absolute atomic E-state index is 0.136. The first-order valence-corrected chi connectivity index (χ1v) is 9.98. The summed E-state index contributed by atoms with van der Waals surface area (Å²) in [5.41, 5.74) is 1.06. The van der Waals surface area contributed by atoms with Crippen molar-refractivity contribution in [1.29, 1.82) is 0 Å². The van der Waals surface area contributed by atoms with Crippen molar-refractivity contribution in [3.8, 4) is 5.75 Å². The average Bonchev–Trinajstić information content (AvgIpc) is 3.08. The van der Waals surface area contributed by atoms with E-state index in [1.807, 2.05) is 18.2 Å². The predicted molar refractivity (Wildman–Crippen MR) is 120 cm³/mol. The van der Waals surface area contributed by atoms with Gasteiger partial charge in [0.25, 0.3) is 5.56 Å². The number of methoxy groups -OCH3 is 1. The molecule has 2 N–H and O–H groups in total. The number of carbonyl (C=O) groups is 2. The van der Waals surface area contributed by atoms with Crippen molar-refractivity contribution >= 4 is 28.1 Å². The molecule has 0 radical (unpaired) electrons. The smallest absolute Gasteiger partial charge is 0.329 e. The van der Waals surface area contributed by atoms with Gasteiger partial charge in [-0.3, -0.25) is 14.4 Å². The van der Waals surface area contributed by atoms with Crippen LogP contribution in [0.2, 0.25) is 0 Å². The molecule has 1 amide bonds. The second kappa shape index (κ2) is 7.84. The monoisotopic (exact) mass is 434 g/mol. The number of hydrogen-bond donors (Lipinski definition) is 2. The van der Waals surface area contributed by atoms with Crippen molar-refractivity contribution in [2.24, 2.45) is 0 Å². The van der Waals surface area contributed by atoms with Gasteiger partial charge in [0.05, 0.1) is 23.5 Å². The van der Waals surface area contributed by atoms with Gasteiger partial charge in [-0.2, -0.15) is 0 Å². The first-order chi connectivity index (χ1) is 15.3. The Morgan fingerprint density at radius 3 is 2.59 bits per heavy atom. The Hall–Kier alpha value is -4.14. The number of rotatable bonds is 5. The molecule has 1 atom stereocenters. The number of nitrogens with zero attached hydrogens (tertiary/aromatic N) is 2. The highest BCUT2D eigenvalue weighted by Gasteiger charge is 2.24. The fourth-order valence-corrected chi connectivity index (χ4v) is 4.02. The molecule has 164 valence electrons. The Balaban J connectivity index is 1.92. The molecule has 0 aliphatic carbocycles. The number of aromatic nitrogens is 3. The van der Waals surface area contributed by atoms with E-state index in [4.69, 9.17) is 4.74 Å². The molecule has 0 fully saturated rings. The standard InChI is InChI=1S/C23H22N4O5/c1-12-18(26-10-6-5-7-17(26)20(12)32-4)19(28)14-8-9-16-15(11-14)22(30)27(23(31)25-16)13(2)21(29)24-3/h5-11,13H,1-4H3,(H,24,29)(H,25,31). The highest BCUT2D eigenvalue weighted by molar-refractivity contribution is 6.11. The highest BCUT2D eigenvalue weighted by Crippen LogP contribution is 2.31. The van der Waals surface area contributed by atoms with Crippen molar-refractivity contribution in [1.82, 2.24) is 19.3 Å². The molecular formula is C23H22N4O5. The molecule has 3 heterocycles. The minimum Gasteiger partial charge on any atom is -0.494 e. The summed E-state index contributed by atoms with van der Waals surface area (Å²) in [4.78, 5) is 53.6. The summed E-state index contributed by atoms with van der Waals surface area (Å²) in [6, 6.07) is 9.02. The van der Waals surface area contributed by atoms with E-state index >= 15 is 0 Å². The van der Waals surface area contributed by atoms with Gasteiger partial charge in [0.2, 0.25) is 11.7 Å². The number of H-pyrrole nitrogens is 1. The van der Waals surface area contributed by atoms with E-state index in [0.717, 1.165) is 10.1 Å². The summed E-state index contributed by atoms with van der Waals surface area (Å²) >= 11 is 0. The lowest BCUT2D eigenvalue weighted by molar-refractivity contribution is -0.123. The maximum atomic E-state index is 13.5. The van der Waals surface area contributed by atoms with Crippen LogP contribution in [0, 0.1) is 6.92 Å². The van der Waals surface area contributed by atoms with Gasteiger partial charge in [-0.15, -0.1) is 0 Å². The van der Waals surface area contributed by atoms with E-state index in [9.17, 15) is 19.2 Å². The number of hydrogen-bond acceptors (Lipinski definition) is 5. The van der Waals surface area contributed by atoms with Gasteiger partial charge in [0.1, 0.15) is 17.5 Å². The fourth-order valence-electron chi connectivity index (χ4n) is 4.02. The third-order valence-corrected chi connectivity index (χ3v) is 5.65. The second-order valence-corrected chi connectivity index (χ2v) is 7.45. The van der Waals surface area contributed by atoms with Crippen LogP contribution >= 0.6 is 0 Å². The van der Waals surface area contributed by atoms with Gasteiger partial charge >= 0.3 is 5.69 Å². The Morgan fingerprint density at radius 2 is 1.91 bits per heavy atom. The summed E-state index contributed by atoms with van der Waals surface area (Å²) in [5, 5.41) is 2.56. The van der Waals surface area contributed by atoms with Crippen molar-refractivity contribution < 1.29 is 14.3 Å². The molecule has 9 heteroatoms. The van der Waals surface area contributed by atoms with Crippen LogP contribution in [0.5, 0.6) is 5.75 Å². The molecule has 3 aromatic heterocycles. The van der Waals surface area contributed by atoms with Crippen LogP contribution in [0.1, 0.15) is 34.6 Å². The van der Waals surface area contributed by atoms with Crippen LogP contribution in [0.15, 0.2) is 52.2 Å². The summed E-state index contributed by atoms with van der Waals surface area (Å²) in [7, 11) is 2.97. The summed E-state index contributed by atoms with van der Waals surface area (Å²) in [6.45, 7) is 3.26. The largest absolute Gasteiger partial charge is 0.494 e. The molecule has 0 aliphatic rings. The molecule has 32 heavy (non-hydrogen) atoms. The number of fused-ring (bicyclic) bond motifs is 2. The van der Waals surface area contributed by atoms with Crippen LogP contribution in [-0.4, -0.2) is 39.8 Å².